The lowest BCUT2D eigenvalue weighted by atomic mass is 10.0. The fraction of sp³-hybridized carbons (Fsp3) is 1.00. The molecule has 0 aliphatic heterocycles. The lowest BCUT2D eigenvalue weighted by molar-refractivity contribution is 0.443. The van der Waals surface area contributed by atoms with Gasteiger partial charge in [0.1, 0.15) is 0 Å². The molecule has 0 heterocycles. The van der Waals surface area contributed by atoms with Crippen LogP contribution in [0.15, 0.2) is 0 Å². The molecule has 1 N–H and O–H groups in total. The quantitative estimate of drug-likeness (QED) is 0.273. The smallest absolute Gasteiger partial charge is 0.267 e. The molecule has 0 aromatic heterocycles. The van der Waals surface area contributed by atoms with Gasteiger partial charge in [-0.2, -0.15) is 8.42 Å². The fourth-order valence-electron chi connectivity index (χ4n) is 2.92. The molecule has 1 unspecified atom stereocenters. The molecule has 22 heavy (non-hydrogen) atoms. The summed E-state index contributed by atoms with van der Waals surface area (Å²) in [7, 11) is -3.86. The van der Waals surface area contributed by atoms with E-state index in [0.717, 1.165) is 38.5 Å². The third-order valence-electron chi connectivity index (χ3n) is 4.43. The Morgan fingerprint density at radius 1 is 0.636 bits per heavy atom. The van der Waals surface area contributed by atoms with Crippen molar-refractivity contribution in [1.82, 2.24) is 0 Å². The van der Waals surface area contributed by atoms with E-state index in [1.54, 1.807) is 0 Å². The number of unbranched alkanes of at least 4 members (excludes halogenated alkanes) is 11. The van der Waals surface area contributed by atoms with Crippen LogP contribution in [0.4, 0.5) is 0 Å². The van der Waals surface area contributed by atoms with Gasteiger partial charge in [-0.05, 0) is 12.8 Å². The van der Waals surface area contributed by atoms with Crippen LogP contribution in [0.3, 0.4) is 0 Å². The molecule has 0 aromatic rings. The van der Waals surface area contributed by atoms with Crippen LogP contribution in [0.1, 0.15) is 110 Å². The van der Waals surface area contributed by atoms with E-state index in [-0.39, 0.29) is 0 Å². The Labute approximate surface area is 139 Å². The zero-order valence-corrected chi connectivity index (χ0v) is 15.7. The predicted octanol–water partition coefficient (Wildman–Crippen LogP) is 6.13. The Kier molecular flexibility index (Phi) is 14.4. The molecule has 0 aliphatic carbocycles. The van der Waals surface area contributed by atoms with Gasteiger partial charge in [-0.15, -0.1) is 0 Å². The Morgan fingerprint density at radius 2 is 0.955 bits per heavy atom. The molecule has 0 spiro atoms. The molecule has 134 valence electrons. The highest BCUT2D eigenvalue weighted by molar-refractivity contribution is 7.86. The van der Waals surface area contributed by atoms with E-state index in [0.29, 0.717) is 12.8 Å². The molecule has 0 rings (SSSR count). The van der Waals surface area contributed by atoms with E-state index in [2.05, 4.69) is 13.8 Å². The molecule has 1 atom stereocenters. The molecule has 0 saturated heterocycles. The van der Waals surface area contributed by atoms with Crippen LogP contribution in [-0.2, 0) is 10.1 Å². The minimum atomic E-state index is -3.86. The largest absolute Gasteiger partial charge is 0.285 e. The van der Waals surface area contributed by atoms with Crippen LogP contribution >= 0.6 is 0 Å². The van der Waals surface area contributed by atoms with Crippen LogP contribution in [-0.4, -0.2) is 18.2 Å². The number of rotatable bonds is 16. The lowest BCUT2D eigenvalue weighted by Gasteiger charge is -2.13. The maximum atomic E-state index is 11.4. The van der Waals surface area contributed by atoms with Crippen molar-refractivity contribution in [3.8, 4) is 0 Å². The van der Waals surface area contributed by atoms with E-state index >= 15 is 0 Å². The third-order valence-corrected chi connectivity index (χ3v) is 5.74. The van der Waals surface area contributed by atoms with Gasteiger partial charge in [0.05, 0.1) is 5.25 Å². The molecule has 0 fully saturated rings. The summed E-state index contributed by atoms with van der Waals surface area (Å²) < 4.78 is 32.2. The SMILES string of the molecule is CCCCCCCCCCCC(CCCCCC)S(=O)(=O)O. The van der Waals surface area contributed by atoms with Crippen molar-refractivity contribution in [1.29, 1.82) is 0 Å². The molecule has 0 saturated carbocycles. The Bertz CT molecular complexity index is 325. The van der Waals surface area contributed by atoms with Gasteiger partial charge < -0.3 is 0 Å². The average Bonchev–Trinajstić information content (AvgIpc) is 2.46. The van der Waals surface area contributed by atoms with E-state index < -0.39 is 15.4 Å². The first kappa shape index (κ1) is 21.9. The van der Waals surface area contributed by atoms with Gasteiger partial charge in [0.15, 0.2) is 0 Å². The summed E-state index contributed by atoms with van der Waals surface area (Å²) in [5.41, 5.74) is 0. The second-order valence-corrected chi connectivity index (χ2v) is 8.30. The zero-order valence-electron chi connectivity index (χ0n) is 14.9. The molecule has 4 heteroatoms. The monoisotopic (exact) mass is 334 g/mol. The maximum Gasteiger partial charge on any atom is 0.267 e. The molecule has 0 aliphatic rings. The van der Waals surface area contributed by atoms with Gasteiger partial charge in [-0.25, -0.2) is 0 Å². The van der Waals surface area contributed by atoms with Gasteiger partial charge >= 0.3 is 0 Å². The van der Waals surface area contributed by atoms with Crippen molar-refractivity contribution < 1.29 is 13.0 Å². The second-order valence-electron chi connectivity index (χ2n) is 6.60. The van der Waals surface area contributed by atoms with E-state index in [1.165, 1.54) is 44.9 Å². The Hall–Kier alpha value is -0.0900. The van der Waals surface area contributed by atoms with Crippen molar-refractivity contribution in [3.63, 3.8) is 0 Å². The van der Waals surface area contributed by atoms with Crippen molar-refractivity contribution >= 4 is 10.1 Å². The fourth-order valence-corrected chi connectivity index (χ4v) is 3.85. The van der Waals surface area contributed by atoms with Crippen molar-refractivity contribution in [2.75, 3.05) is 0 Å². The normalized spacial score (nSPS) is 13.4. The van der Waals surface area contributed by atoms with E-state index in [4.69, 9.17) is 0 Å². The second kappa shape index (κ2) is 14.5. The van der Waals surface area contributed by atoms with Gasteiger partial charge in [-0.1, -0.05) is 97.3 Å². The average molecular weight is 335 g/mol. The highest BCUT2D eigenvalue weighted by Gasteiger charge is 2.21. The Morgan fingerprint density at radius 3 is 1.32 bits per heavy atom. The van der Waals surface area contributed by atoms with Crippen LogP contribution in [0.25, 0.3) is 0 Å². The van der Waals surface area contributed by atoms with Gasteiger partial charge in [-0.3, -0.25) is 4.55 Å². The lowest BCUT2D eigenvalue weighted by Crippen LogP contribution is -2.20. The third kappa shape index (κ3) is 13.6. The molecule has 0 radical (unpaired) electrons. The molecule has 0 aromatic carbocycles. The number of hydrogen-bond donors (Lipinski definition) is 1. The summed E-state index contributed by atoms with van der Waals surface area (Å²) in [6.45, 7) is 4.37. The van der Waals surface area contributed by atoms with Crippen molar-refractivity contribution in [2.24, 2.45) is 0 Å². The maximum absolute atomic E-state index is 11.4. The number of hydrogen-bond acceptors (Lipinski definition) is 2. The zero-order chi connectivity index (χ0) is 16.7. The van der Waals surface area contributed by atoms with Crippen molar-refractivity contribution in [3.05, 3.63) is 0 Å². The topological polar surface area (TPSA) is 54.4 Å². The summed E-state index contributed by atoms with van der Waals surface area (Å²) in [5, 5.41) is -0.533. The summed E-state index contributed by atoms with van der Waals surface area (Å²) in [5.74, 6) is 0. The molecular weight excluding hydrogens is 296 g/mol. The minimum absolute atomic E-state index is 0.533. The van der Waals surface area contributed by atoms with Gasteiger partial charge in [0.25, 0.3) is 10.1 Å². The summed E-state index contributed by atoms with van der Waals surface area (Å²) in [6.07, 6.45) is 16.6. The van der Waals surface area contributed by atoms with Gasteiger partial charge in [0, 0.05) is 0 Å². The summed E-state index contributed by atoms with van der Waals surface area (Å²) in [6, 6.07) is 0. The standard InChI is InChI=1S/C18H38O3S/c1-3-5-7-9-10-11-12-13-15-17-18(22(19,20)21)16-14-8-6-4-2/h18H,3-17H2,1-2H3,(H,19,20,21). The highest BCUT2D eigenvalue weighted by atomic mass is 32.2. The molecule has 3 nitrogen and oxygen atoms in total. The van der Waals surface area contributed by atoms with Crippen LogP contribution in [0.5, 0.6) is 0 Å². The van der Waals surface area contributed by atoms with E-state index in [9.17, 15) is 13.0 Å². The van der Waals surface area contributed by atoms with Crippen molar-refractivity contribution in [2.45, 2.75) is 115 Å². The first-order chi connectivity index (χ1) is 10.5. The van der Waals surface area contributed by atoms with Gasteiger partial charge in [0.2, 0.25) is 0 Å². The Balaban J connectivity index is 3.68. The first-order valence-electron chi connectivity index (χ1n) is 9.48. The summed E-state index contributed by atoms with van der Waals surface area (Å²) in [4.78, 5) is 0. The highest BCUT2D eigenvalue weighted by Crippen LogP contribution is 2.19. The van der Waals surface area contributed by atoms with Crippen LogP contribution in [0, 0.1) is 0 Å². The molecular formula is C18H38O3S. The van der Waals surface area contributed by atoms with E-state index in [1.807, 2.05) is 0 Å². The first-order valence-corrected chi connectivity index (χ1v) is 11.0. The van der Waals surface area contributed by atoms with Crippen LogP contribution < -0.4 is 0 Å². The summed E-state index contributed by atoms with van der Waals surface area (Å²) >= 11 is 0. The molecule has 0 amide bonds. The molecule has 0 bridgehead atoms. The predicted molar refractivity (Wildman–Crippen MR) is 95.9 cm³/mol. The van der Waals surface area contributed by atoms with Crippen LogP contribution in [0.2, 0.25) is 0 Å². The minimum Gasteiger partial charge on any atom is -0.285 e.